The fourth-order valence-corrected chi connectivity index (χ4v) is 0.919. The number of hydroxylamine groups is 1. The van der Waals surface area contributed by atoms with Crippen LogP contribution >= 0.6 is 0 Å². The molecule has 1 aromatic heterocycles. The molecule has 1 aromatic rings. The first-order valence-corrected chi connectivity index (χ1v) is 5.08. The van der Waals surface area contributed by atoms with Crippen LogP contribution in [-0.4, -0.2) is 16.6 Å². The number of hydrogen-bond acceptors (Lipinski definition) is 3. The Morgan fingerprint density at radius 3 is 2.56 bits per heavy atom. The molecule has 5 heteroatoms. The Morgan fingerprint density at radius 2 is 2.00 bits per heavy atom. The third-order valence-corrected chi connectivity index (χ3v) is 1.65. The van der Waals surface area contributed by atoms with Crippen LogP contribution in [0.3, 0.4) is 0 Å². The largest absolute Gasteiger partial charge is 0.338 e. The molecule has 1 rings (SSSR count). The van der Waals surface area contributed by atoms with Crippen LogP contribution in [0, 0.1) is 0 Å². The first kappa shape index (κ1) is 12.4. The number of carbonyl (C=O) groups excluding carboxylic acids is 1. The van der Waals surface area contributed by atoms with Crippen LogP contribution in [0.5, 0.6) is 0 Å². The summed E-state index contributed by atoms with van der Waals surface area (Å²) in [4.78, 5) is 20.3. The van der Waals surface area contributed by atoms with Crippen LogP contribution in [0.4, 0.5) is 4.79 Å². The molecule has 0 fully saturated rings. The zero-order valence-corrected chi connectivity index (χ0v) is 9.78. The molecule has 2 N–H and O–H groups in total. The third-order valence-electron chi connectivity index (χ3n) is 1.65. The predicted molar refractivity (Wildman–Crippen MR) is 60.4 cm³/mol. The fraction of sp³-hybridized carbons (Fsp3) is 0.455. The van der Waals surface area contributed by atoms with Crippen LogP contribution < -0.4 is 10.8 Å². The van der Waals surface area contributed by atoms with Gasteiger partial charge >= 0.3 is 6.03 Å². The lowest BCUT2D eigenvalue weighted by atomic mass is 10.2. The van der Waals surface area contributed by atoms with Gasteiger partial charge in [-0.05, 0) is 38.5 Å². The number of pyridine rings is 1. The maximum Gasteiger partial charge on any atom is 0.338 e. The minimum absolute atomic E-state index is 0.355. The Hall–Kier alpha value is -1.62. The smallest absolute Gasteiger partial charge is 0.332 e. The molecule has 2 amide bonds. The first-order valence-electron chi connectivity index (χ1n) is 5.08. The molecule has 1 heterocycles. The van der Waals surface area contributed by atoms with Gasteiger partial charge in [-0.3, -0.25) is 9.82 Å². The van der Waals surface area contributed by atoms with E-state index in [-0.39, 0.29) is 6.03 Å². The van der Waals surface area contributed by atoms with Gasteiger partial charge in [0.2, 0.25) is 0 Å². The Morgan fingerprint density at radius 1 is 1.38 bits per heavy atom. The molecule has 0 bridgehead atoms. The molecule has 0 saturated heterocycles. The van der Waals surface area contributed by atoms with E-state index in [4.69, 9.17) is 4.84 Å². The van der Waals surface area contributed by atoms with Gasteiger partial charge in [-0.15, -0.1) is 0 Å². The normalized spacial score (nSPS) is 10.9. The van der Waals surface area contributed by atoms with E-state index in [1.807, 2.05) is 32.9 Å². The summed E-state index contributed by atoms with van der Waals surface area (Å²) in [6, 6.07) is 3.32. The van der Waals surface area contributed by atoms with Crippen molar-refractivity contribution in [2.75, 3.05) is 0 Å². The highest BCUT2D eigenvalue weighted by Crippen LogP contribution is 2.03. The Labute approximate surface area is 95.2 Å². The molecule has 88 valence electrons. The number of amides is 2. The zero-order valence-electron chi connectivity index (χ0n) is 9.78. The number of hydrogen-bond donors (Lipinski definition) is 2. The van der Waals surface area contributed by atoms with E-state index in [1.165, 1.54) is 0 Å². The second-order valence-corrected chi connectivity index (χ2v) is 4.35. The monoisotopic (exact) mass is 223 g/mol. The summed E-state index contributed by atoms with van der Waals surface area (Å²) < 4.78 is 0. The van der Waals surface area contributed by atoms with Gasteiger partial charge in [0.05, 0.1) is 5.60 Å². The molecule has 5 nitrogen and oxygen atoms in total. The fourth-order valence-electron chi connectivity index (χ4n) is 0.919. The van der Waals surface area contributed by atoms with E-state index in [0.717, 1.165) is 5.56 Å². The molecule has 0 spiro atoms. The van der Waals surface area contributed by atoms with Crippen molar-refractivity contribution < 1.29 is 9.63 Å². The molecule has 0 unspecified atom stereocenters. The highest BCUT2D eigenvalue weighted by Gasteiger charge is 2.12. The lowest BCUT2D eigenvalue weighted by molar-refractivity contribution is -0.0529. The molecule has 0 aliphatic rings. The highest BCUT2D eigenvalue weighted by molar-refractivity contribution is 5.72. The Kier molecular flexibility index (Phi) is 4.25. The number of aromatic nitrogens is 1. The molecular weight excluding hydrogens is 206 g/mol. The van der Waals surface area contributed by atoms with Gasteiger partial charge in [0, 0.05) is 18.9 Å². The SMILES string of the molecule is CC(C)(C)ONC(=O)NCc1ccncc1. The summed E-state index contributed by atoms with van der Waals surface area (Å²) in [5, 5.41) is 2.67. The Balaban J connectivity index is 2.26. The van der Waals surface area contributed by atoms with E-state index >= 15 is 0 Å². The van der Waals surface area contributed by atoms with E-state index in [1.54, 1.807) is 12.4 Å². The van der Waals surface area contributed by atoms with E-state index in [9.17, 15) is 4.79 Å². The number of carbonyl (C=O) groups is 1. The minimum atomic E-state index is -0.395. The summed E-state index contributed by atoms with van der Waals surface area (Å²) >= 11 is 0. The van der Waals surface area contributed by atoms with Crippen molar-refractivity contribution in [2.24, 2.45) is 0 Å². The maximum absolute atomic E-state index is 11.3. The van der Waals surface area contributed by atoms with Crippen LogP contribution in [-0.2, 0) is 11.4 Å². The lowest BCUT2D eigenvalue weighted by Gasteiger charge is -2.19. The highest BCUT2D eigenvalue weighted by atomic mass is 16.7. The number of urea groups is 1. The molecule has 0 aliphatic carbocycles. The van der Waals surface area contributed by atoms with Crippen molar-refractivity contribution >= 4 is 6.03 Å². The predicted octanol–water partition coefficient (Wildman–Crippen LogP) is 1.61. The summed E-state index contributed by atoms with van der Waals surface area (Å²) in [6.45, 7) is 6.02. The molecule has 16 heavy (non-hydrogen) atoms. The van der Waals surface area contributed by atoms with Crippen molar-refractivity contribution in [3.8, 4) is 0 Å². The van der Waals surface area contributed by atoms with E-state index in [2.05, 4.69) is 15.8 Å². The van der Waals surface area contributed by atoms with Crippen LogP contribution in [0.1, 0.15) is 26.3 Å². The van der Waals surface area contributed by atoms with Gasteiger partial charge in [0.15, 0.2) is 0 Å². The third kappa shape index (κ3) is 5.31. The van der Waals surface area contributed by atoms with Gasteiger partial charge in [0.1, 0.15) is 0 Å². The van der Waals surface area contributed by atoms with Crippen LogP contribution in [0.15, 0.2) is 24.5 Å². The summed E-state index contributed by atoms with van der Waals surface area (Å²) in [5.74, 6) is 0. The van der Waals surface area contributed by atoms with Gasteiger partial charge in [-0.1, -0.05) is 0 Å². The zero-order chi connectivity index (χ0) is 12.0. The second kappa shape index (κ2) is 5.46. The van der Waals surface area contributed by atoms with Crippen molar-refractivity contribution in [1.82, 2.24) is 15.8 Å². The lowest BCUT2D eigenvalue weighted by Crippen LogP contribution is -2.39. The van der Waals surface area contributed by atoms with Crippen molar-refractivity contribution in [2.45, 2.75) is 32.9 Å². The van der Waals surface area contributed by atoms with Crippen LogP contribution in [0.25, 0.3) is 0 Å². The van der Waals surface area contributed by atoms with Crippen molar-refractivity contribution in [3.63, 3.8) is 0 Å². The maximum atomic E-state index is 11.3. The molecule has 0 aliphatic heterocycles. The standard InChI is InChI=1S/C11H17N3O2/c1-11(2,3)16-14-10(15)13-8-9-4-6-12-7-5-9/h4-7H,8H2,1-3H3,(H2,13,14,15). The molecule has 0 radical (unpaired) electrons. The number of nitrogens with one attached hydrogen (secondary N) is 2. The summed E-state index contributed by atoms with van der Waals surface area (Å²) in [7, 11) is 0. The molecule has 0 atom stereocenters. The average molecular weight is 223 g/mol. The average Bonchev–Trinajstić information content (AvgIpc) is 2.24. The van der Waals surface area contributed by atoms with Gasteiger partial charge in [-0.2, -0.15) is 0 Å². The quantitative estimate of drug-likeness (QED) is 0.765. The summed E-state index contributed by atoms with van der Waals surface area (Å²) in [5.41, 5.74) is 2.92. The van der Waals surface area contributed by atoms with Gasteiger partial charge in [-0.25, -0.2) is 10.3 Å². The molecular formula is C11H17N3O2. The molecule has 0 aromatic carbocycles. The minimum Gasteiger partial charge on any atom is -0.332 e. The van der Waals surface area contributed by atoms with Crippen molar-refractivity contribution in [1.29, 1.82) is 0 Å². The summed E-state index contributed by atoms with van der Waals surface area (Å²) in [6.07, 6.45) is 3.36. The molecule has 0 saturated carbocycles. The van der Waals surface area contributed by atoms with Gasteiger partial charge in [0.25, 0.3) is 0 Å². The Bertz CT molecular complexity index is 333. The topological polar surface area (TPSA) is 63.2 Å². The first-order chi connectivity index (χ1) is 7.47. The van der Waals surface area contributed by atoms with E-state index < -0.39 is 5.60 Å². The van der Waals surface area contributed by atoms with E-state index in [0.29, 0.717) is 6.54 Å². The second-order valence-electron chi connectivity index (χ2n) is 4.35. The van der Waals surface area contributed by atoms with Gasteiger partial charge < -0.3 is 5.32 Å². The number of nitrogens with zero attached hydrogens (tertiary/aromatic N) is 1. The number of rotatable bonds is 3. The van der Waals surface area contributed by atoms with Crippen molar-refractivity contribution in [3.05, 3.63) is 30.1 Å². The van der Waals surface area contributed by atoms with Crippen LogP contribution in [0.2, 0.25) is 0 Å².